The summed E-state index contributed by atoms with van der Waals surface area (Å²) in [6.45, 7) is 0.833. The number of piperidine rings is 1. The van der Waals surface area contributed by atoms with Gasteiger partial charge in [0.25, 0.3) is 5.91 Å². The number of sulfone groups is 1. The van der Waals surface area contributed by atoms with Crippen LogP contribution >= 0.6 is 0 Å². The Morgan fingerprint density at radius 2 is 2.03 bits per heavy atom. The van der Waals surface area contributed by atoms with Crippen molar-refractivity contribution in [3.8, 4) is 5.75 Å². The standard InChI is InChI=1S/C19H25N3O6S/c1-27-15-6-4-14(5-7-15)20-18(24)16-12-19(28-21-16)9-3-10-22(13-19)17(23)8-11-29(2,25)26/h4-7H,3,8-13H2,1-2H3,(H,20,24). The zero-order chi connectivity index (χ0) is 21.1. The van der Waals surface area contributed by atoms with Crippen molar-refractivity contribution in [1.82, 2.24) is 4.90 Å². The molecule has 0 aromatic heterocycles. The summed E-state index contributed by atoms with van der Waals surface area (Å²) >= 11 is 0. The number of nitrogens with zero attached hydrogens (tertiary/aromatic N) is 2. The van der Waals surface area contributed by atoms with E-state index < -0.39 is 15.4 Å². The van der Waals surface area contributed by atoms with E-state index >= 15 is 0 Å². The molecule has 10 heteroatoms. The number of likely N-dealkylation sites (tertiary alicyclic amines) is 1. The Kier molecular flexibility index (Phi) is 6.11. The van der Waals surface area contributed by atoms with E-state index in [0.29, 0.717) is 43.8 Å². The minimum Gasteiger partial charge on any atom is -0.497 e. The lowest BCUT2D eigenvalue weighted by Crippen LogP contribution is -2.51. The second kappa shape index (κ2) is 8.40. The quantitative estimate of drug-likeness (QED) is 0.735. The number of amides is 2. The fourth-order valence-corrected chi connectivity index (χ4v) is 4.03. The number of oxime groups is 1. The second-order valence-corrected chi connectivity index (χ2v) is 9.73. The molecule has 1 saturated heterocycles. The molecular formula is C19H25N3O6S. The molecule has 2 amide bonds. The van der Waals surface area contributed by atoms with Gasteiger partial charge >= 0.3 is 0 Å². The molecule has 2 aliphatic rings. The largest absolute Gasteiger partial charge is 0.497 e. The molecular weight excluding hydrogens is 398 g/mol. The van der Waals surface area contributed by atoms with Gasteiger partial charge in [-0.1, -0.05) is 5.16 Å². The van der Waals surface area contributed by atoms with Crippen molar-refractivity contribution >= 4 is 33.1 Å². The number of carbonyl (C=O) groups excluding carboxylic acids is 2. The van der Waals surface area contributed by atoms with E-state index in [2.05, 4.69) is 10.5 Å². The smallest absolute Gasteiger partial charge is 0.273 e. The Labute approximate surface area is 169 Å². The average molecular weight is 423 g/mol. The SMILES string of the molecule is COc1ccc(NC(=O)C2=NOC3(CCCN(C(=O)CCS(C)(=O)=O)C3)C2)cc1. The Balaban J connectivity index is 1.57. The fraction of sp³-hybridized carbons (Fsp3) is 0.526. The predicted octanol–water partition coefficient (Wildman–Crippen LogP) is 1.21. The van der Waals surface area contributed by atoms with Crippen LogP contribution in [0.2, 0.25) is 0 Å². The van der Waals surface area contributed by atoms with Crippen molar-refractivity contribution in [3.05, 3.63) is 24.3 Å². The molecule has 1 atom stereocenters. The molecule has 0 aliphatic carbocycles. The maximum absolute atomic E-state index is 12.5. The van der Waals surface area contributed by atoms with Crippen molar-refractivity contribution in [2.24, 2.45) is 5.16 Å². The highest BCUT2D eigenvalue weighted by Gasteiger charge is 2.45. The lowest BCUT2D eigenvalue weighted by atomic mass is 9.88. The van der Waals surface area contributed by atoms with Gasteiger partial charge < -0.3 is 19.8 Å². The van der Waals surface area contributed by atoms with Gasteiger partial charge in [0.05, 0.1) is 19.4 Å². The van der Waals surface area contributed by atoms with E-state index in [9.17, 15) is 18.0 Å². The number of benzene rings is 1. The van der Waals surface area contributed by atoms with Crippen LogP contribution in [0.1, 0.15) is 25.7 Å². The van der Waals surface area contributed by atoms with Crippen LogP contribution in [0.4, 0.5) is 5.69 Å². The highest BCUT2D eigenvalue weighted by Crippen LogP contribution is 2.34. The predicted molar refractivity (Wildman–Crippen MR) is 108 cm³/mol. The first kappa shape index (κ1) is 21.1. The maximum Gasteiger partial charge on any atom is 0.273 e. The summed E-state index contributed by atoms with van der Waals surface area (Å²) in [4.78, 5) is 32.1. The van der Waals surface area contributed by atoms with Crippen LogP contribution in [0.5, 0.6) is 5.75 Å². The molecule has 3 rings (SSSR count). The minimum atomic E-state index is -3.20. The number of carbonyl (C=O) groups is 2. The summed E-state index contributed by atoms with van der Waals surface area (Å²) < 4.78 is 27.7. The summed E-state index contributed by atoms with van der Waals surface area (Å²) in [5.41, 5.74) is 0.151. The van der Waals surface area contributed by atoms with Crippen molar-refractivity contribution in [1.29, 1.82) is 0 Å². The first-order valence-electron chi connectivity index (χ1n) is 9.36. The third-order valence-electron chi connectivity index (χ3n) is 5.03. The van der Waals surface area contributed by atoms with E-state index in [1.807, 2.05) is 0 Å². The summed E-state index contributed by atoms with van der Waals surface area (Å²) in [5.74, 6) is -0.0736. The second-order valence-electron chi connectivity index (χ2n) is 7.47. The molecule has 0 bridgehead atoms. The van der Waals surface area contributed by atoms with Crippen LogP contribution < -0.4 is 10.1 Å². The van der Waals surface area contributed by atoms with Gasteiger partial charge in [0, 0.05) is 31.3 Å². The van der Waals surface area contributed by atoms with Crippen molar-refractivity contribution < 1.29 is 27.6 Å². The van der Waals surface area contributed by atoms with Crippen molar-refractivity contribution in [2.45, 2.75) is 31.3 Å². The minimum absolute atomic E-state index is 0.0550. The Bertz CT molecular complexity index is 912. The molecule has 1 aromatic carbocycles. The topological polar surface area (TPSA) is 114 Å². The molecule has 1 aromatic rings. The lowest BCUT2D eigenvalue weighted by Gasteiger charge is -2.38. The summed E-state index contributed by atoms with van der Waals surface area (Å²) in [7, 11) is -1.64. The Hall–Kier alpha value is -2.62. The molecule has 2 aliphatic heterocycles. The monoisotopic (exact) mass is 423 g/mol. The number of hydrogen-bond acceptors (Lipinski definition) is 7. The zero-order valence-electron chi connectivity index (χ0n) is 16.5. The average Bonchev–Trinajstić information content (AvgIpc) is 3.09. The summed E-state index contributed by atoms with van der Waals surface area (Å²) in [6, 6.07) is 6.94. The van der Waals surface area contributed by atoms with E-state index in [4.69, 9.17) is 9.57 Å². The lowest BCUT2D eigenvalue weighted by molar-refractivity contribution is -0.140. The molecule has 158 valence electrons. The van der Waals surface area contributed by atoms with Crippen molar-refractivity contribution in [2.75, 3.05) is 37.5 Å². The number of nitrogens with one attached hydrogen (secondary N) is 1. The van der Waals surface area contributed by atoms with E-state index in [-0.39, 0.29) is 29.7 Å². The zero-order valence-corrected chi connectivity index (χ0v) is 17.3. The van der Waals surface area contributed by atoms with Crippen LogP contribution in [-0.2, 0) is 24.3 Å². The Morgan fingerprint density at radius 1 is 1.31 bits per heavy atom. The number of methoxy groups -OCH3 is 1. The first-order chi connectivity index (χ1) is 13.7. The normalized spacial score (nSPS) is 21.4. The number of hydrogen-bond donors (Lipinski definition) is 1. The molecule has 0 saturated carbocycles. The number of rotatable bonds is 6. The third-order valence-corrected chi connectivity index (χ3v) is 5.97. The van der Waals surface area contributed by atoms with E-state index in [1.54, 1.807) is 36.3 Å². The van der Waals surface area contributed by atoms with Gasteiger partial charge in [-0.15, -0.1) is 0 Å². The van der Waals surface area contributed by atoms with Crippen LogP contribution in [0.15, 0.2) is 29.4 Å². The van der Waals surface area contributed by atoms with Gasteiger partial charge in [0.1, 0.15) is 21.3 Å². The summed E-state index contributed by atoms with van der Waals surface area (Å²) in [5, 5.41) is 6.74. The molecule has 29 heavy (non-hydrogen) atoms. The van der Waals surface area contributed by atoms with Gasteiger partial charge in [0.15, 0.2) is 5.60 Å². The van der Waals surface area contributed by atoms with Gasteiger partial charge in [-0.25, -0.2) is 8.42 Å². The van der Waals surface area contributed by atoms with Gasteiger partial charge in [-0.2, -0.15) is 0 Å². The highest BCUT2D eigenvalue weighted by molar-refractivity contribution is 7.90. The molecule has 1 fully saturated rings. The highest BCUT2D eigenvalue weighted by atomic mass is 32.2. The molecule has 1 spiro atoms. The molecule has 1 N–H and O–H groups in total. The Morgan fingerprint density at radius 3 is 2.69 bits per heavy atom. The van der Waals surface area contributed by atoms with Gasteiger partial charge in [-0.05, 0) is 37.1 Å². The van der Waals surface area contributed by atoms with Crippen LogP contribution in [0, 0.1) is 0 Å². The van der Waals surface area contributed by atoms with Crippen LogP contribution in [0.3, 0.4) is 0 Å². The third kappa shape index (κ3) is 5.47. The van der Waals surface area contributed by atoms with E-state index in [1.165, 1.54) is 0 Å². The van der Waals surface area contributed by atoms with Crippen LogP contribution in [0.25, 0.3) is 0 Å². The maximum atomic E-state index is 12.5. The van der Waals surface area contributed by atoms with Gasteiger partial charge in [-0.3, -0.25) is 9.59 Å². The number of anilines is 1. The molecule has 2 heterocycles. The van der Waals surface area contributed by atoms with E-state index in [0.717, 1.165) is 6.26 Å². The fourth-order valence-electron chi connectivity index (χ4n) is 3.48. The molecule has 1 unspecified atom stereocenters. The summed E-state index contributed by atoms with van der Waals surface area (Å²) in [6.07, 6.45) is 2.73. The van der Waals surface area contributed by atoms with Crippen molar-refractivity contribution in [3.63, 3.8) is 0 Å². The number of ether oxygens (including phenoxy) is 1. The van der Waals surface area contributed by atoms with Gasteiger partial charge in [0.2, 0.25) is 5.91 Å². The molecule has 9 nitrogen and oxygen atoms in total. The molecule has 0 radical (unpaired) electrons. The first-order valence-corrected chi connectivity index (χ1v) is 11.4. The van der Waals surface area contributed by atoms with Crippen LogP contribution in [-0.4, -0.2) is 68.7 Å².